The molecule has 0 spiro atoms. The van der Waals surface area contributed by atoms with Crippen LogP contribution in [0, 0.1) is 0 Å². The van der Waals surface area contributed by atoms with Crippen molar-refractivity contribution in [2.75, 3.05) is 40.0 Å². The van der Waals surface area contributed by atoms with Crippen LogP contribution in [0.4, 0.5) is 0 Å². The van der Waals surface area contributed by atoms with Crippen LogP contribution in [0.3, 0.4) is 0 Å². The second-order valence-corrected chi connectivity index (χ2v) is 6.57. The number of hydrogen-bond acceptors (Lipinski definition) is 3. The van der Waals surface area contributed by atoms with Gasteiger partial charge in [-0.15, -0.1) is 24.0 Å². The lowest BCUT2D eigenvalue weighted by molar-refractivity contribution is -0.0320. The minimum atomic E-state index is 0. The Morgan fingerprint density at radius 1 is 1.22 bits per heavy atom. The maximum absolute atomic E-state index is 5.89. The fraction of sp³-hybridized carbons (Fsp3) is 0.550. The van der Waals surface area contributed by atoms with Crippen LogP contribution in [0.25, 0.3) is 10.9 Å². The molecular formula is C20H31IN4O2. The summed E-state index contributed by atoms with van der Waals surface area (Å²) in [4.78, 5) is 7.61. The Labute approximate surface area is 178 Å². The molecule has 7 heteroatoms. The first-order valence-electron chi connectivity index (χ1n) is 9.55. The Morgan fingerprint density at radius 2 is 2.00 bits per heavy atom. The molecule has 150 valence electrons. The van der Waals surface area contributed by atoms with E-state index in [2.05, 4.69) is 51.1 Å². The molecule has 0 bridgehead atoms. The quantitative estimate of drug-likeness (QED) is 0.232. The third kappa shape index (κ3) is 6.97. The number of aromatic nitrogens is 1. The van der Waals surface area contributed by atoms with Crippen molar-refractivity contribution < 1.29 is 9.47 Å². The van der Waals surface area contributed by atoms with E-state index in [0.29, 0.717) is 6.10 Å². The summed E-state index contributed by atoms with van der Waals surface area (Å²) in [7, 11) is 1.81. The molecule has 0 saturated carbocycles. The monoisotopic (exact) mass is 486 g/mol. The van der Waals surface area contributed by atoms with Gasteiger partial charge in [0.25, 0.3) is 0 Å². The minimum Gasteiger partial charge on any atom is -0.381 e. The normalized spacial score (nSPS) is 15.5. The maximum atomic E-state index is 5.89. The van der Waals surface area contributed by atoms with Crippen molar-refractivity contribution in [3.8, 4) is 0 Å². The SMILES string of the molecule is CN=C(NCCCOC1CCOCC1)NCCc1c[nH]c2ccccc12.I. The lowest BCUT2D eigenvalue weighted by Crippen LogP contribution is -2.39. The second-order valence-electron chi connectivity index (χ2n) is 6.57. The molecule has 0 aliphatic carbocycles. The number of fused-ring (bicyclic) bond motifs is 1. The van der Waals surface area contributed by atoms with Crippen LogP contribution in [0.1, 0.15) is 24.8 Å². The van der Waals surface area contributed by atoms with E-state index in [9.17, 15) is 0 Å². The van der Waals surface area contributed by atoms with Gasteiger partial charge in [0.2, 0.25) is 0 Å². The van der Waals surface area contributed by atoms with Gasteiger partial charge in [-0.2, -0.15) is 0 Å². The summed E-state index contributed by atoms with van der Waals surface area (Å²) in [5, 5.41) is 8.03. The highest BCUT2D eigenvalue weighted by molar-refractivity contribution is 14.0. The average Bonchev–Trinajstić information content (AvgIpc) is 3.10. The highest BCUT2D eigenvalue weighted by Gasteiger charge is 2.13. The summed E-state index contributed by atoms with van der Waals surface area (Å²) in [6, 6.07) is 8.40. The number of aliphatic imine (C=N–C) groups is 1. The first kappa shape index (κ1) is 22.0. The molecule has 1 saturated heterocycles. The summed E-state index contributed by atoms with van der Waals surface area (Å²) in [5.74, 6) is 0.843. The van der Waals surface area contributed by atoms with Crippen LogP contribution in [0.2, 0.25) is 0 Å². The Balaban J connectivity index is 0.00000261. The molecule has 0 unspecified atom stereocenters. The first-order chi connectivity index (χ1) is 12.9. The molecule has 1 aromatic heterocycles. The number of benzene rings is 1. The highest BCUT2D eigenvalue weighted by atomic mass is 127. The van der Waals surface area contributed by atoms with Gasteiger partial charge in [0.15, 0.2) is 5.96 Å². The number of rotatable bonds is 8. The fourth-order valence-electron chi connectivity index (χ4n) is 3.25. The lowest BCUT2D eigenvalue weighted by Gasteiger charge is -2.22. The summed E-state index contributed by atoms with van der Waals surface area (Å²) in [6.45, 7) is 4.14. The van der Waals surface area contributed by atoms with Gasteiger partial charge in [-0.25, -0.2) is 0 Å². The molecule has 2 aromatic rings. The average molecular weight is 486 g/mol. The highest BCUT2D eigenvalue weighted by Crippen LogP contribution is 2.17. The topological polar surface area (TPSA) is 70.7 Å². The molecule has 1 aliphatic heterocycles. The molecule has 1 fully saturated rings. The number of H-pyrrole nitrogens is 1. The van der Waals surface area contributed by atoms with Crippen LogP contribution < -0.4 is 10.6 Å². The van der Waals surface area contributed by atoms with Crippen molar-refractivity contribution in [2.45, 2.75) is 31.8 Å². The van der Waals surface area contributed by atoms with E-state index in [1.54, 1.807) is 7.05 Å². The molecule has 1 aliphatic rings. The summed E-state index contributed by atoms with van der Waals surface area (Å²) >= 11 is 0. The zero-order valence-electron chi connectivity index (χ0n) is 16.0. The first-order valence-corrected chi connectivity index (χ1v) is 9.55. The Kier molecular flexibility index (Phi) is 9.93. The Morgan fingerprint density at radius 3 is 2.81 bits per heavy atom. The molecule has 0 radical (unpaired) electrons. The van der Waals surface area contributed by atoms with Gasteiger partial charge in [-0.1, -0.05) is 18.2 Å². The van der Waals surface area contributed by atoms with E-state index >= 15 is 0 Å². The third-order valence-corrected chi connectivity index (χ3v) is 4.72. The van der Waals surface area contributed by atoms with Gasteiger partial charge in [-0.05, 0) is 37.3 Å². The van der Waals surface area contributed by atoms with Crippen LogP contribution in [-0.4, -0.2) is 57.0 Å². The van der Waals surface area contributed by atoms with E-state index in [4.69, 9.17) is 9.47 Å². The van der Waals surface area contributed by atoms with Crippen LogP contribution in [0.15, 0.2) is 35.5 Å². The number of halogens is 1. The van der Waals surface area contributed by atoms with Crippen molar-refractivity contribution in [1.82, 2.24) is 15.6 Å². The Hall–Kier alpha value is -1.32. The number of guanidine groups is 1. The molecular weight excluding hydrogens is 455 g/mol. The number of nitrogens with zero attached hydrogens (tertiary/aromatic N) is 1. The van der Waals surface area contributed by atoms with Gasteiger partial charge in [0, 0.05) is 57.1 Å². The number of nitrogens with one attached hydrogen (secondary N) is 3. The number of hydrogen-bond donors (Lipinski definition) is 3. The third-order valence-electron chi connectivity index (χ3n) is 4.72. The molecule has 3 rings (SSSR count). The maximum Gasteiger partial charge on any atom is 0.190 e. The van der Waals surface area contributed by atoms with E-state index in [1.165, 1.54) is 16.5 Å². The predicted molar refractivity (Wildman–Crippen MR) is 121 cm³/mol. The van der Waals surface area contributed by atoms with E-state index < -0.39 is 0 Å². The number of ether oxygens (including phenoxy) is 2. The van der Waals surface area contributed by atoms with Crippen LogP contribution >= 0.6 is 24.0 Å². The van der Waals surface area contributed by atoms with Crippen molar-refractivity contribution in [2.24, 2.45) is 4.99 Å². The number of aromatic amines is 1. The van der Waals surface area contributed by atoms with Gasteiger partial charge >= 0.3 is 0 Å². The van der Waals surface area contributed by atoms with Gasteiger partial charge in [-0.3, -0.25) is 4.99 Å². The van der Waals surface area contributed by atoms with Crippen molar-refractivity contribution in [3.05, 3.63) is 36.0 Å². The number of para-hydroxylation sites is 1. The summed E-state index contributed by atoms with van der Waals surface area (Å²) in [6.07, 6.45) is 6.43. The van der Waals surface area contributed by atoms with Gasteiger partial charge in [0.05, 0.1) is 6.10 Å². The van der Waals surface area contributed by atoms with Crippen LogP contribution in [0.5, 0.6) is 0 Å². The standard InChI is InChI=1S/C20H30N4O2.HI/c1-21-20(22-10-4-12-26-17-8-13-25-14-9-17)23-11-7-16-15-24-19-6-3-2-5-18(16)19;/h2-3,5-6,15,17,24H,4,7-14H2,1H3,(H2,21,22,23);1H. The van der Waals surface area contributed by atoms with Crippen molar-refractivity contribution in [1.29, 1.82) is 0 Å². The van der Waals surface area contributed by atoms with Crippen molar-refractivity contribution in [3.63, 3.8) is 0 Å². The van der Waals surface area contributed by atoms with E-state index in [1.807, 2.05) is 0 Å². The van der Waals surface area contributed by atoms with E-state index in [-0.39, 0.29) is 24.0 Å². The molecule has 3 N–H and O–H groups in total. The summed E-state index contributed by atoms with van der Waals surface area (Å²) < 4.78 is 11.2. The molecule has 27 heavy (non-hydrogen) atoms. The van der Waals surface area contributed by atoms with Crippen molar-refractivity contribution >= 4 is 40.8 Å². The molecule has 2 heterocycles. The molecule has 6 nitrogen and oxygen atoms in total. The second kappa shape index (κ2) is 12.2. The fourth-order valence-corrected chi connectivity index (χ4v) is 3.25. The molecule has 0 atom stereocenters. The summed E-state index contributed by atoms with van der Waals surface area (Å²) in [5.41, 5.74) is 2.52. The van der Waals surface area contributed by atoms with Crippen LogP contribution in [-0.2, 0) is 15.9 Å². The van der Waals surface area contributed by atoms with Gasteiger partial charge < -0.3 is 25.1 Å². The zero-order valence-corrected chi connectivity index (χ0v) is 18.3. The smallest absolute Gasteiger partial charge is 0.190 e. The Bertz CT molecular complexity index is 698. The predicted octanol–water partition coefficient (Wildman–Crippen LogP) is 3.08. The minimum absolute atomic E-state index is 0. The molecule has 1 aromatic carbocycles. The molecule has 0 amide bonds. The largest absolute Gasteiger partial charge is 0.381 e. The zero-order chi connectivity index (χ0) is 18.0. The van der Waals surface area contributed by atoms with Gasteiger partial charge in [0.1, 0.15) is 0 Å². The lowest BCUT2D eigenvalue weighted by atomic mass is 10.1. The van der Waals surface area contributed by atoms with E-state index in [0.717, 1.165) is 64.6 Å².